The number of carbonyl (C=O) groups is 3. The molecule has 2 unspecified atom stereocenters. The Balaban J connectivity index is 1.94. The molecule has 7 nitrogen and oxygen atoms in total. The molecule has 0 aromatic rings. The van der Waals surface area contributed by atoms with Crippen molar-refractivity contribution < 1.29 is 19.1 Å². The minimum absolute atomic E-state index is 0.0380. The first-order valence-electron chi connectivity index (χ1n) is 6.48. The van der Waals surface area contributed by atoms with Gasteiger partial charge in [0.1, 0.15) is 12.1 Å². The van der Waals surface area contributed by atoms with Crippen LogP contribution in [0.5, 0.6) is 0 Å². The van der Waals surface area contributed by atoms with Gasteiger partial charge in [0.15, 0.2) is 0 Å². The molecule has 2 aliphatic heterocycles. The second kappa shape index (κ2) is 5.66. The van der Waals surface area contributed by atoms with Crippen LogP contribution in [0.2, 0.25) is 0 Å². The zero-order chi connectivity index (χ0) is 14.0. The summed E-state index contributed by atoms with van der Waals surface area (Å²) in [5.41, 5.74) is 0. The van der Waals surface area contributed by atoms with Gasteiger partial charge in [-0.3, -0.25) is 19.3 Å². The number of morpholine rings is 1. The van der Waals surface area contributed by atoms with E-state index in [4.69, 9.17) is 4.74 Å². The highest BCUT2D eigenvalue weighted by atomic mass is 16.5. The van der Waals surface area contributed by atoms with Crippen molar-refractivity contribution in [3.8, 4) is 0 Å². The number of imide groups is 1. The van der Waals surface area contributed by atoms with Crippen molar-refractivity contribution in [1.82, 2.24) is 15.5 Å². The van der Waals surface area contributed by atoms with Crippen LogP contribution in [-0.2, 0) is 19.1 Å². The Kier molecular flexibility index (Phi) is 4.16. The molecule has 0 aliphatic carbocycles. The Morgan fingerprint density at radius 1 is 1.47 bits per heavy atom. The normalized spacial score (nSPS) is 28.1. The Hall–Kier alpha value is -1.47. The first-order valence-corrected chi connectivity index (χ1v) is 6.48. The molecule has 2 saturated heterocycles. The molecule has 2 heterocycles. The summed E-state index contributed by atoms with van der Waals surface area (Å²) < 4.78 is 5.19. The van der Waals surface area contributed by atoms with Crippen LogP contribution in [0.3, 0.4) is 0 Å². The molecule has 0 aromatic carbocycles. The van der Waals surface area contributed by atoms with Gasteiger partial charge < -0.3 is 15.4 Å². The van der Waals surface area contributed by atoms with Crippen LogP contribution in [-0.4, -0.2) is 60.5 Å². The minimum Gasteiger partial charge on any atom is -0.378 e. The lowest BCUT2D eigenvalue weighted by Crippen LogP contribution is -2.54. The topological polar surface area (TPSA) is 87.7 Å². The van der Waals surface area contributed by atoms with Crippen LogP contribution in [0.15, 0.2) is 0 Å². The van der Waals surface area contributed by atoms with E-state index in [0.29, 0.717) is 13.2 Å². The molecule has 0 spiro atoms. The molecule has 0 bridgehead atoms. The zero-order valence-corrected chi connectivity index (χ0v) is 11.1. The number of rotatable bonds is 3. The Labute approximate surface area is 111 Å². The lowest BCUT2D eigenvalue weighted by Gasteiger charge is -2.24. The van der Waals surface area contributed by atoms with Gasteiger partial charge >= 0.3 is 0 Å². The molecule has 0 saturated carbocycles. The Morgan fingerprint density at radius 2 is 2.21 bits per heavy atom. The fraction of sp³-hybridized carbons (Fsp3) is 0.750. The molecule has 2 aliphatic rings. The molecule has 2 rings (SSSR count). The van der Waals surface area contributed by atoms with Crippen molar-refractivity contribution in [2.75, 3.05) is 19.8 Å². The maximum absolute atomic E-state index is 12.0. The van der Waals surface area contributed by atoms with Gasteiger partial charge in [-0.25, -0.2) is 0 Å². The SMILES string of the molecule is CC(C)N1C(=O)CC(NC(=O)C2COCCN2)C1=O. The lowest BCUT2D eigenvalue weighted by molar-refractivity contribution is -0.141. The molecular weight excluding hydrogens is 250 g/mol. The second-order valence-electron chi connectivity index (χ2n) is 5.04. The lowest BCUT2D eigenvalue weighted by atomic mass is 10.2. The van der Waals surface area contributed by atoms with E-state index >= 15 is 0 Å². The van der Waals surface area contributed by atoms with Crippen LogP contribution in [0.4, 0.5) is 0 Å². The smallest absolute Gasteiger partial charge is 0.252 e. The summed E-state index contributed by atoms with van der Waals surface area (Å²) in [5, 5.41) is 5.63. The number of nitrogens with one attached hydrogen (secondary N) is 2. The van der Waals surface area contributed by atoms with E-state index in [1.54, 1.807) is 13.8 Å². The highest BCUT2D eigenvalue weighted by Gasteiger charge is 2.41. The molecule has 3 amide bonds. The number of ether oxygens (including phenoxy) is 1. The van der Waals surface area contributed by atoms with E-state index in [1.165, 1.54) is 4.90 Å². The molecule has 2 N–H and O–H groups in total. The van der Waals surface area contributed by atoms with Crippen molar-refractivity contribution in [3.05, 3.63) is 0 Å². The Bertz CT molecular complexity index is 390. The molecule has 0 aromatic heterocycles. The van der Waals surface area contributed by atoms with Gasteiger partial charge in [-0.2, -0.15) is 0 Å². The molecule has 2 fully saturated rings. The average Bonchev–Trinajstić information content (AvgIpc) is 2.65. The quantitative estimate of drug-likeness (QED) is 0.617. The minimum atomic E-state index is -0.744. The number of nitrogens with zero attached hydrogens (tertiary/aromatic N) is 1. The van der Waals surface area contributed by atoms with Gasteiger partial charge in [-0.15, -0.1) is 0 Å². The zero-order valence-electron chi connectivity index (χ0n) is 11.1. The van der Waals surface area contributed by atoms with Gasteiger partial charge in [0.2, 0.25) is 11.8 Å². The van der Waals surface area contributed by atoms with Gasteiger partial charge in [0, 0.05) is 12.6 Å². The summed E-state index contributed by atoms with van der Waals surface area (Å²) >= 11 is 0. The van der Waals surface area contributed by atoms with E-state index in [9.17, 15) is 14.4 Å². The molecule has 7 heteroatoms. The molecule has 0 radical (unpaired) electrons. The Morgan fingerprint density at radius 3 is 2.74 bits per heavy atom. The van der Waals surface area contributed by atoms with Crippen LogP contribution in [0.1, 0.15) is 20.3 Å². The van der Waals surface area contributed by atoms with Gasteiger partial charge in [-0.05, 0) is 13.8 Å². The third kappa shape index (κ3) is 2.93. The molecule has 106 valence electrons. The fourth-order valence-electron chi connectivity index (χ4n) is 2.31. The van der Waals surface area contributed by atoms with Crippen LogP contribution >= 0.6 is 0 Å². The van der Waals surface area contributed by atoms with E-state index in [-0.39, 0.29) is 36.8 Å². The fourth-order valence-corrected chi connectivity index (χ4v) is 2.31. The maximum atomic E-state index is 12.0. The van der Waals surface area contributed by atoms with Crippen LogP contribution in [0, 0.1) is 0 Å². The summed E-state index contributed by atoms with van der Waals surface area (Å²) in [6.07, 6.45) is 0.0380. The summed E-state index contributed by atoms with van der Waals surface area (Å²) in [5.74, 6) is -0.861. The number of amides is 3. The van der Waals surface area contributed by atoms with E-state index in [2.05, 4.69) is 10.6 Å². The van der Waals surface area contributed by atoms with Crippen molar-refractivity contribution in [1.29, 1.82) is 0 Å². The third-order valence-corrected chi connectivity index (χ3v) is 3.25. The van der Waals surface area contributed by atoms with Crippen molar-refractivity contribution in [2.45, 2.75) is 38.4 Å². The summed E-state index contributed by atoms with van der Waals surface area (Å²) in [4.78, 5) is 36.9. The molecule has 2 atom stereocenters. The summed E-state index contributed by atoms with van der Waals surface area (Å²) in [6.45, 7) is 5.02. The number of carbonyl (C=O) groups excluding carboxylic acids is 3. The number of likely N-dealkylation sites (tertiary alicyclic amines) is 1. The summed E-state index contributed by atoms with van der Waals surface area (Å²) in [6, 6.07) is -1.38. The van der Waals surface area contributed by atoms with Gasteiger partial charge in [-0.1, -0.05) is 0 Å². The van der Waals surface area contributed by atoms with Crippen LogP contribution in [0.25, 0.3) is 0 Å². The standard InChI is InChI=1S/C12H19N3O4/c1-7(2)15-10(16)5-8(12(15)18)14-11(17)9-6-19-4-3-13-9/h7-9,13H,3-6H2,1-2H3,(H,14,17). The van der Waals surface area contributed by atoms with E-state index in [1.807, 2.05) is 0 Å². The predicted molar refractivity (Wildman–Crippen MR) is 66.1 cm³/mol. The number of hydrogen-bond acceptors (Lipinski definition) is 5. The predicted octanol–water partition coefficient (Wildman–Crippen LogP) is -1.37. The molecular formula is C12H19N3O4. The summed E-state index contributed by atoms with van der Waals surface area (Å²) in [7, 11) is 0. The number of hydrogen-bond donors (Lipinski definition) is 2. The monoisotopic (exact) mass is 269 g/mol. The van der Waals surface area contributed by atoms with Gasteiger partial charge in [0.05, 0.1) is 19.6 Å². The van der Waals surface area contributed by atoms with Crippen molar-refractivity contribution in [2.24, 2.45) is 0 Å². The first kappa shape index (κ1) is 14.0. The highest BCUT2D eigenvalue weighted by Crippen LogP contribution is 2.16. The molecule has 19 heavy (non-hydrogen) atoms. The third-order valence-electron chi connectivity index (χ3n) is 3.25. The van der Waals surface area contributed by atoms with Crippen molar-refractivity contribution >= 4 is 17.7 Å². The highest BCUT2D eigenvalue weighted by molar-refractivity contribution is 6.07. The van der Waals surface area contributed by atoms with E-state index < -0.39 is 12.1 Å². The van der Waals surface area contributed by atoms with Gasteiger partial charge in [0.25, 0.3) is 5.91 Å². The first-order chi connectivity index (χ1) is 9.00. The maximum Gasteiger partial charge on any atom is 0.252 e. The van der Waals surface area contributed by atoms with Crippen molar-refractivity contribution in [3.63, 3.8) is 0 Å². The second-order valence-corrected chi connectivity index (χ2v) is 5.04. The largest absolute Gasteiger partial charge is 0.378 e. The average molecular weight is 269 g/mol. The van der Waals surface area contributed by atoms with E-state index in [0.717, 1.165) is 0 Å². The van der Waals surface area contributed by atoms with Crippen LogP contribution < -0.4 is 10.6 Å².